The molecule has 4 rings (SSSR count). The molecule has 0 aromatic heterocycles. The Balaban J connectivity index is 1.56. The van der Waals surface area contributed by atoms with Crippen molar-refractivity contribution in [1.29, 1.82) is 0 Å². The third kappa shape index (κ3) is 7.93. The number of carbonyl (C=O) groups is 2. The topological polar surface area (TPSA) is 49.4 Å². The van der Waals surface area contributed by atoms with Crippen LogP contribution in [0.1, 0.15) is 47.9 Å². The van der Waals surface area contributed by atoms with Crippen LogP contribution in [0.2, 0.25) is 0 Å². The lowest BCUT2D eigenvalue weighted by molar-refractivity contribution is -0.139. The molecular weight excluding hydrogens is 483 g/mol. The predicted octanol–water partition coefficient (Wildman–Crippen LogP) is 6.07. The summed E-state index contributed by atoms with van der Waals surface area (Å²) < 4.78 is 13.3. The van der Waals surface area contributed by atoms with E-state index < -0.39 is 6.04 Å². The number of thioether (sulfide) groups is 1. The molecule has 1 saturated carbocycles. The van der Waals surface area contributed by atoms with Crippen LogP contribution in [0.4, 0.5) is 4.39 Å². The van der Waals surface area contributed by atoms with E-state index in [1.54, 1.807) is 17.0 Å². The second-order valence-electron chi connectivity index (χ2n) is 9.76. The van der Waals surface area contributed by atoms with Gasteiger partial charge in [-0.25, -0.2) is 4.39 Å². The van der Waals surface area contributed by atoms with Crippen molar-refractivity contribution in [3.63, 3.8) is 0 Å². The first-order chi connectivity index (χ1) is 18.0. The molecule has 3 aromatic rings. The van der Waals surface area contributed by atoms with Gasteiger partial charge in [-0.2, -0.15) is 0 Å². The molecule has 1 N–H and O–H groups in total. The minimum Gasteiger partial charge on any atom is -0.352 e. The number of halogens is 1. The monoisotopic (exact) mass is 518 g/mol. The van der Waals surface area contributed by atoms with Crippen molar-refractivity contribution in [2.45, 2.75) is 63.4 Å². The Bertz CT molecular complexity index is 1160. The van der Waals surface area contributed by atoms with E-state index in [0.29, 0.717) is 18.7 Å². The Morgan fingerprint density at radius 1 is 0.946 bits per heavy atom. The summed E-state index contributed by atoms with van der Waals surface area (Å²) in [5, 5.41) is 3.25. The lowest BCUT2D eigenvalue weighted by atomic mass is 10.0. The molecule has 2 amide bonds. The molecule has 1 atom stereocenters. The number of hydrogen-bond acceptors (Lipinski definition) is 3. The molecule has 1 aliphatic rings. The molecule has 1 fully saturated rings. The maximum atomic E-state index is 13.7. The fourth-order valence-corrected chi connectivity index (χ4v) is 5.68. The van der Waals surface area contributed by atoms with E-state index in [9.17, 15) is 14.0 Å². The van der Waals surface area contributed by atoms with Gasteiger partial charge in [0, 0.05) is 24.8 Å². The van der Waals surface area contributed by atoms with Gasteiger partial charge in [-0.1, -0.05) is 79.6 Å². The quantitative estimate of drug-likeness (QED) is 0.335. The molecular formula is C31H35FN2O2S. The minimum atomic E-state index is -0.610. The summed E-state index contributed by atoms with van der Waals surface area (Å²) in [6, 6.07) is 23.8. The normalized spacial score (nSPS) is 14.3. The second-order valence-corrected chi connectivity index (χ2v) is 10.7. The first-order valence-corrected chi connectivity index (χ1v) is 14.2. The van der Waals surface area contributed by atoms with Gasteiger partial charge in [0.1, 0.15) is 11.9 Å². The van der Waals surface area contributed by atoms with Crippen LogP contribution in [0, 0.1) is 12.7 Å². The molecule has 37 heavy (non-hydrogen) atoms. The highest BCUT2D eigenvalue weighted by Gasteiger charge is 2.32. The van der Waals surface area contributed by atoms with Crippen molar-refractivity contribution in [2.24, 2.45) is 0 Å². The lowest BCUT2D eigenvalue weighted by Crippen LogP contribution is -2.52. The Labute approximate surface area is 223 Å². The van der Waals surface area contributed by atoms with Crippen molar-refractivity contribution < 1.29 is 14.0 Å². The number of nitrogens with one attached hydrogen (secondary N) is 1. The summed E-state index contributed by atoms with van der Waals surface area (Å²) in [6.07, 6.45) is 4.69. The first-order valence-electron chi connectivity index (χ1n) is 13.0. The minimum absolute atomic E-state index is 0.0714. The predicted molar refractivity (Wildman–Crippen MR) is 149 cm³/mol. The van der Waals surface area contributed by atoms with Crippen LogP contribution in [0.3, 0.4) is 0 Å². The highest BCUT2D eigenvalue weighted by molar-refractivity contribution is 7.99. The summed E-state index contributed by atoms with van der Waals surface area (Å²) in [5.41, 5.74) is 4.11. The zero-order valence-electron chi connectivity index (χ0n) is 21.4. The molecule has 3 aromatic carbocycles. The number of aryl methyl sites for hydroxylation is 1. The van der Waals surface area contributed by atoms with E-state index in [1.807, 2.05) is 61.5 Å². The van der Waals surface area contributed by atoms with Gasteiger partial charge >= 0.3 is 0 Å². The van der Waals surface area contributed by atoms with Gasteiger partial charge in [-0.3, -0.25) is 9.59 Å². The summed E-state index contributed by atoms with van der Waals surface area (Å²) in [7, 11) is 0. The molecule has 194 valence electrons. The van der Waals surface area contributed by atoms with Crippen LogP contribution in [-0.4, -0.2) is 34.6 Å². The van der Waals surface area contributed by atoms with E-state index >= 15 is 0 Å². The summed E-state index contributed by atoms with van der Waals surface area (Å²) >= 11 is 1.49. The number of carbonyl (C=O) groups excluding carboxylic acids is 2. The second kappa shape index (κ2) is 13.4. The maximum Gasteiger partial charge on any atom is 0.243 e. The van der Waals surface area contributed by atoms with E-state index in [4.69, 9.17) is 0 Å². The van der Waals surface area contributed by atoms with E-state index in [0.717, 1.165) is 47.9 Å². The number of rotatable bonds is 11. The van der Waals surface area contributed by atoms with Crippen LogP contribution in [0.5, 0.6) is 0 Å². The Morgan fingerprint density at radius 2 is 1.62 bits per heavy atom. The average Bonchev–Trinajstić information content (AvgIpc) is 3.42. The van der Waals surface area contributed by atoms with Crippen molar-refractivity contribution in [2.75, 3.05) is 5.75 Å². The van der Waals surface area contributed by atoms with Crippen LogP contribution >= 0.6 is 11.8 Å². The molecule has 0 radical (unpaired) electrons. The molecule has 0 aliphatic heterocycles. The molecule has 0 heterocycles. The zero-order valence-corrected chi connectivity index (χ0v) is 22.2. The summed E-state index contributed by atoms with van der Waals surface area (Å²) in [6.45, 7) is 2.41. The maximum absolute atomic E-state index is 13.7. The molecule has 0 spiro atoms. The lowest BCUT2D eigenvalue weighted by Gasteiger charge is -2.32. The Kier molecular flexibility index (Phi) is 9.78. The molecule has 0 bridgehead atoms. The highest BCUT2D eigenvalue weighted by atomic mass is 32.2. The average molecular weight is 519 g/mol. The van der Waals surface area contributed by atoms with Crippen LogP contribution in [0.15, 0.2) is 78.9 Å². The van der Waals surface area contributed by atoms with Gasteiger partial charge in [0.05, 0.1) is 5.75 Å². The smallest absolute Gasteiger partial charge is 0.243 e. The van der Waals surface area contributed by atoms with E-state index in [-0.39, 0.29) is 29.4 Å². The van der Waals surface area contributed by atoms with Gasteiger partial charge in [0.2, 0.25) is 11.8 Å². The fourth-order valence-electron chi connectivity index (χ4n) is 4.81. The Hall–Kier alpha value is -3.12. The van der Waals surface area contributed by atoms with Crippen LogP contribution < -0.4 is 5.32 Å². The number of nitrogens with zero attached hydrogens (tertiary/aromatic N) is 1. The van der Waals surface area contributed by atoms with Crippen molar-refractivity contribution in [3.8, 4) is 0 Å². The molecule has 4 nitrogen and oxygen atoms in total. The summed E-state index contributed by atoms with van der Waals surface area (Å²) in [4.78, 5) is 29.2. The third-order valence-electron chi connectivity index (χ3n) is 6.98. The molecule has 1 unspecified atom stereocenters. The zero-order chi connectivity index (χ0) is 26.0. The van der Waals surface area contributed by atoms with Crippen LogP contribution in [-0.2, 0) is 28.3 Å². The van der Waals surface area contributed by atoms with Crippen LogP contribution in [0.25, 0.3) is 0 Å². The number of benzene rings is 3. The van der Waals surface area contributed by atoms with Crippen molar-refractivity contribution in [1.82, 2.24) is 10.2 Å². The van der Waals surface area contributed by atoms with Gasteiger partial charge in [0.25, 0.3) is 0 Å². The van der Waals surface area contributed by atoms with E-state index in [1.165, 1.54) is 23.9 Å². The highest BCUT2D eigenvalue weighted by Crippen LogP contribution is 2.22. The SMILES string of the molecule is Cc1ccccc1CN(C(=O)CSCc1ccc(F)cc1)C(Cc1ccccc1)C(=O)NC1CCCC1. The number of amides is 2. The summed E-state index contributed by atoms with van der Waals surface area (Å²) in [5.74, 6) is 0.415. The fraction of sp³-hybridized carbons (Fsp3) is 0.355. The Morgan fingerprint density at radius 3 is 2.32 bits per heavy atom. The molecule has 6 heteroatoms. The van der Waals surface area contributed by atoms with Gasteiger partial charge in [-0.05, 0) is 54.2 Å². The third-order valence-corrected chi connectivity index (χ3v) is 7.97. The largest absolute Gasteiger partial charge is 0.352 e. The van der Waals surface area contributed by atoms with E-state index in [2.05, 4.69) is 5.32 Å². The standard InChI is InChI=1S/C31H35FN2O2S/c1-23-9-5-6-12-26(23)20-34(30(35)22-37-21-25-15-17-27(32)18-16-25)29(19-24-10-3-2-4-11-24)31(36)33-28-13-7-8-14-28/h2-6,9-12,15-18,28-29H,7-8,13-14,19-22H2,1H3,(H,33,36). The number of hydrogen-bond donors (Lipinski definition) is 1. The van der Waals surface area contributed by atoms with Crippen molar-refractivity contribution in [3.05, 3.63) is 107 Å². The van der Waals surface area contributed by atoms with Gasteiger partial charge < -0.3 is 10.2 Å². The van der Waals surface area contributed by atoms with Crippen molar-refractivity contribution >= 4 is 23.6 Å². The first kappa shape index (κ1) is 26.9. The molecule has 0 saturated heterocycles. The van der Waals surface area contributed by atoms with Gasteiger partial charge in [-0.15, -0.1) is 11.8 Å². The van der Waals surface area contributed by atoms with Gasteiger partial charge in [0.15, 0.2) is 0 Å². The molecule has 1 aliphatic carbocycles.